The van der Waals surface area contributed by atoms with Gasteiger partial charge in [-0.15, -0.1) is 0 Å². The van der Waals surface area contributed by atoms with E-state index in [9.17, 15) is 9.59 Å². The standard InChI is InChI=1S/C7H12N2O3/c1-3-9-4-5(6(10)11)8(2)7(9)12/h5H,3-4H2,1-2H3,(H,10,11). The lowest BCUT2D eigenvalue weighted by Crippen LogP contribution is -2.36. The SMILES string of the molecule is CCN1CC(C(=O)O)N(C)C1=O. The molecule has 0 aromatic carbocycles. The van der Waals surface area contributed by atoms with Crippen LogP contribution in [0.15, 0.2) is 0 Å². The molecule has 5 nitrogen and oxygen atoms in total. The lowest BCUT2D eigenvalue weighted by molar-refractivity contribution is -0.140. The highest BCUT2D eigenvalue weighted by atomic mass is 16.4. The van der Waals surface area contributed by atoms with Crippen molar-refractivity contribution in [3.05, 3.63) is 0 Å². The van der Waals surface area contributed by atoms with Crippen molar-refractivity contribution < 1.29 is 14.7 Å². The first-order chi connectivity index (χ1) is 5.57. The number of carboxylic acid groups (broad SMARTS) is 1. The second kappa shape index (κ2) is 3.00. The van der Waals surface area contributed by atoms with Crippen molar-refractivity contribution in [2.24, 2.45) is 0 Å². The maximum absolute atomic E-state index is 11.2. The number of nitrogens with zero attached hydrogens (tertiary/aromatic N) is 2. The van der Waals surface area contributed by atoms with Crippen LogP contribution in [0.2, 0.25) is 0 Å². The molecule has 5 heteroatoms. The molecule has 0 saturated carbocycles. The third-order valence-electron chi connectivity index (χ3n) is 2.10. The summed E-state index contributed by atoms with van der Waals surface area (Å²) in [5, 5.41) is 8.69. The third-order valence-corrected chi connectivity index (χ3v) is 2.10. The first-order valence-corrected chi connectivity index (χ1v) is 3.82. The second-order valence-corrected chi connectivity index (χ2v) is 2.79. The highest BCUT2D eigenvalue weighted by Crippen LogP contribution is 2.12. The number of aliphatic carboxylic acids is 1. The van der Waals surface area contributed by atoms with E-state index >= 15 is 0 Å². The molecule has 0 bridgehead atoms. The minimum Gasteiger partial charge on any atom is -0.480 e. The van der Waals surface area contributed by atoms with Crippen molar-refractivity contribution in [3.8, 4) is 0 Å². The van der Waals surface area contributed by atoms with Gasteiger partial charge in [-0.1, -0.05) is 0 Å². The molecular formula is C7H12N2O3. The van der Waals surface area contributed by atoms with Gasteiger partial charge in [-0.25, -0.2) is 9.59 Å². The smallest absolute Gasteiger partial charge is 0.328 e. The van der Waals surface area contributed by atoms with Gasteiger partial charge in [-0.3, -0.25) is 0 Å². The molecule has 2 amide bonds. The summed E-state index contributed by atoms with van der Waals surface area (Å²) in [6, 6.07) is -0.887. The fourth-order valence-corrected chi connectivity index (χ4v) is 1.27. The zero-order chi connectivity index (χ0) is 9.30. The normalized spacial score (nSPS) is 23.5. The monoisotopic (exact) mass is 172 g/mol. The van der Waals surface area contributed by atoms with Gasteiger partial charge in [0.15, 0.2) is 0 Å². The van der Waals surface area contributed by atoms with Crippen LogP contribution in [0.4, 0.5) is 4.79 Å². The zero-order valence-corrected chi connectivity index (χ0v) is 7.15. The Morgan fingerprint density at radius 3 is 2.58 bits per heavy atom. The van der Waals surface area contributed by atoms with E-state index < -0.39 is 12.0 Å². The van der Waals surface area contributed by atoms with Crippen molar-refractivity contribution in [2.45, 2.75) is 13.0 Å². The molecular weight excluding hydrogens is 160 g/mol. The van der Waals surface area contributed by atoms with E-state index in [1.165, 1.54) is 16.8 Å². The average molecular weight is 172 g/mol. The number of carboxylic acids is 1. The van der Waals surface area contributed by atoms with Crippen molar-refractivity contribution in [3.63, 3.8) is 0 Å². The van der Waals surface area contributed by atoms with Crippen molar-refractivity contribution in [2.75, 3.05) is 20.1 Å². The maximum atomic E-state index is 11.2. The fourth-order valence-electron chi connectivity index (χ4n) is 1.27. The van der Waals surface area contributed by atoms with Crippen LogP contribution in [-0.2, 0) is 4.79 Å². The molecule has 1 fully saturated rings. The molecule has 1 heterocycles. The van der Waals surface area contributed by atoms with Gasteiger partial charge in [-0.05, 0) is 6.92 Å². The summed E-state index contributed by atoms with van der Waals surface area (Å²) in [7, 11) is 1.51. The average Bonchev–Trinajstić information content (AvgIpc) is 2.30. The van der Waals surface area contributed by atoms with E-state index in [1.54, 1.807) is 0 Å². The molecule has 1 atom stereocenters. The van der Waals surface area contributed by atoms with Gasteiger partial charge in [0, 0.05) is 13.6 Å². The van der Waals surface area contributed by atoms with Gasteiger partial charge >= 0.3 is 12.0 Å². The van der Waals surface area contributed by atoms with Gasteiger partial charge in [0.2, 0.25) is 0 Å². The summed E-state index contributed by atoms with van der Waals surface area (Å²) in [5.41, 5.74) is 0. The third kappa shape index (κ3) is 1.22. The summed E-state index contributed by atoms with van der Waals surface area (Å²) in [6.45, 7) is 2.68. The van der Waals surface area contributed by atoms with E-state index in [-0.39, 0.29) is 6.03 Å². The Bertz CT molecular complexity index is 217. The van der Waals surface area contributed by atoms with Crippen LogP contribution >= 0.6 is 0 Å². The molecule has 0 aromatic rings. The van der Waals surface area contributed by atoms with E-state index in [0.717, 1.165) is 0 Å². The molecule has 1 unspecified atom stereocenters. The summed E-state index contributed by atoms with van der Waals surface area (Å²) < 4.78 is 0. The Morgan fingerprint density at radius 2 is 2.33 bits per heavy atom. The van der Waals surface area contributed by atoms with Crippen molar-refractivity contribution in [1.29, 1.82) is 0 Å². The topological polar surface area (TPSA) is 60.9 Å². The number of hydrogen-bond acceptors (Lipinski definition) is 2. The van der Waals surface area contributed by atoms with Crippen LogP contribution in [0.1, 0.15) is 6.92 Å². The molecule has 0 spiro atoms. The minimum atomic E-state index is -0.943. The Kier molecular flexibility index (Phi) is 2.21. The fraction of sp³-hybridized carbons (Fsp3) is 0.714. The lowest BCUT2D eigenvalue weighted by atomic mass is 10.3. The molecule has 1 N–H and O–H groups in total. The Hall–Kier alpha value is -1.26. The molecule has 1 rings (SSSR count). The number of hydrogen-bond donors (Lipinski definition) is 1. The number of urea groups is 1. The maximum Gasteiger partial charge on any atom is 0.328 e. The summed E-state index contributed by atoms with van der Waals surface area (Å²) in [4.78, 5) is 24.6. The number of carbonyl (C=O) groups is 2. The van der Waals surface area contributed by atoms with Crippen LogP contribution < -0.4 is 0 Å². The van der Waals surface area contributed by atoms with E-state index in [4.69, 9.17) is 5.11 Å². The van der Waals surface area contributed by atoms with E-state index in [1.807, 2.05) is 6.92 Å². The van der Waals surface area contributed by atoms with Crippen molar-refractivity contribution >= 4 is 12.0 Å². The van der Waals surface area contributed by atoms with E-state index in [2.05, 4.69) is 0 Å². The van der Waals surface area contributed by atoms with Crippen LogP contribution in [0.3, 0.4) is 0 Å². The quantitative estimate of drug-likeness (QED) is 0.629. The van der Waals surface area contributed by atoms with E-state index in [0.29, 0.717) is 13.1 Å². The largest absolute Gasteiger partial charge is 0.480 e. The summed E-state index contributed by atoms with van der Waals surface area (Å²) in [6.07, 6.45) is 0. The summed E-state index contributed by atoms with van der Waals surface area (Å²) >= 11 is 0. The van der Waals surface area contributed by atoms with Crippen LogP contribution in [0, 0.1) is 0 Å². The van der Waals surface area contributed by atoms with Gasteiger partial charge in [0.1, 0.15) is 6.04 Å². The minimum absolute atomic E-state index is 0.204. The summed E-state index contributed by atoms with van der Waals surface area (Å²) in [5.74, 6) is -0.943. The molecule has 1 saturated heterocycles. The Labute approximate surface area is 70.6 Å². The molecule has 0 aliphatic carbocycles. The van der Waals surface area contributed by atoms with Gasteiger partial charge in [0.05, 0.1) is 6.54 Å². The van der Waals surface area contributed by atoms with Crippen LogP contribution in [0.5, 0.6) is 0 Å². The molecule has 1 aliphatic heterocycles. The van der Waals surface area contributed by atoms with Gasteiger partial charge < -0.3 is 14.9 Å². The highest BCUT2D eigenvalue weighted by Gasteiger charge is 2.37. The Balaban J connectivity index is 2.73. The second-order valence-electron chi connectivity index (χ2n) is 2.79. The predicted octanol–water partition coefficient (Wildman–Crippen LogP) is -0.173. The molecule has 0 aromatic heterocycles. The first-order valence-electron chi connectivity index (χ1n) is 3.82. The number of amides is 2. The Morgan fingerprint density at radius 1 is 1.75 bits per heavy atom. The molecule has 1 aliphatic rings. The number of carbonyl (C=O) groups excluding carboxylic acids is 1. The van der Waals surface area contributed by atoms with Crippen LogP contribution in [0.25, 0.3) is 0 Å². The van der Waals surface area contributed by atoms with Gasteiger partial charge in [-0.2, -0.15) is 0 Å². The first kappa shape index (κ1) is 8.83. The number of rotatable bonds is 2. The predicted molar refractivity (Wildman–Crippen MR) is 41.8 cm³/mol. The molecule has 0 radical (unpaired) electrons. The molecule has 12 heavy (non-hydrogen) atoms. The number of likely N-dealkylation sites (N-methyl/N-ethyl adjacent to an activating group) is 2. The van der Waals surface area contributed by atoms with Crippen molar-refractivity contribution in [1.82, 2.24) is 9.80 Å². The zero-order valence-electron chi connectivity index (χ0n) is 7.15. The molecule has 68 valence electrons. The highest BCUT2D eigenvalue weighted by molar-refractivity contribution is 5.86. The lowest BCUT2D eigenvalue weighted by Gasteiger charge is -2.13. The van der Waals surface area contributed by atoms with Gasteiger partial charge in [0.25, 0.3) is 0 Å². The van der Waals surface area contributed by atoms with Crippen LogP contribution in [-0.4, -0.2) is 53.1 Å².